The van der Waals surface area contributed by atoms with Gasteiger partial charge in [-0.1, -0.05) is 19.9 Å². The number of hydrogen-bond acceptors (Lipinski definition) is 4. The fourth-order valence-electron chi connectivity index (χ4n) is 2.64. The second-order valence-corrected chi connectivity index (χ2v) is 7.92. The van der Waals surface area contributed by atoms with Crippen LogP contribution in [0.25, 0.3) is 0 Å². The maximum atomic E-state index is 11.7. The van der Waals surface area contributed by atoms with Crippen molar-refractivity contribution < 1.29 is 9.53 Å². The molecule has 3 N–H and O–H groups in total. The van der Waals surface area contributed by atoms with E-state index in [0.717, 1.165) is 25.3 Å². The van der Waals surface area contributed by atoms with Gasteiger partial charge in [-0.05, 0) is 37.1 Å². The third-order valence-corrected chi connectivity index (χ3v) is 5.60. The molecule has 25 heavy (non-hydrogen) atoms. The minimum absolute atomic E-state index is 0.0326. The number of amides is 1. The van der Waals surface area contributed by atoms with Crippen molar-refractivity contribution in [3.8, 4) is 0 Å². The lowest BCUT2D eigenvalue weighted by atomic mass is 9.91. The van der Waals surface area contributed by atoms with Crippen LogP contribution in [0.2, 0.25) is 0 Å². The van der Waals surface area contributed by atoms with E-state index in [1.807, 2.05) is 6.92 Å². The van der Waals surface area contributed by atoms with Crippen LogP contribution in [0.5, 0.6) is 0 Å². The second kappa shape index (κ2) is 9.08. The molecule has 1 aliphatic rings. The molecule has 1 heterocycles. The molecule has 0 radical (unpaired) electrons. The number of rotatable bonds is 8. The molecule has 1 saturated carbocycles. The smallest absolute Gasteiger partial charge is 0.407 e. The Kier molecular flexibility index (Phi) is 7.11. The second-order valence-electron chi connectivity index (χ2n) is 6.98. The third kappa shape index (κ3) is 6.23. The van der Waals surface area contributed by atoms with Crippen LogP contribution in [0.15, 0.2) is 22.5 Å². The van der Waals surface area contributed by atoms with Gasteiger partial charge in [0.1, 0.15) is 0 Å². The number of nitrogens with one attached hydrogen (secondary N) is 3. The van der Waals surface area contributed by atoms with Crippen LogP contribution in [0.1, 0.15) is 38.5 Å². The van der Waals surface area contributed by atoms with E-state index in [4.69, 9.17) is 4.74 Å². The van der Waals surface area contributed by atoms with Gasteiger partial charge < -0.3 is 20.7 Å². The molecule has 0 aliphatic heterocycles. The standard InChI is InChI=1S/C18H30N4O2S/c1-5-24-17(23)22-14(13-8-9-13)11-20-16(19-4)21-12-18(2,3)15-7-6-10-25-15/h6-7,10,13-14H,5,8-9,11-12H2,1-4H3,(H,22,23)(H2,19,20,21). The fourth-order valence-corrected chi connectivity index (χ4v) is 3.49. The molecule has 0 bridgehead atoms. The van der Waals surface area contributed by atoms with Crippen molar-refractivity contribution in [3.63, 3.8) is 0 Å². The summed E-state index contributed by atoms with van der Waals surface area (Å²) >= 11 is 1.77. The van der Waals surface area contributed by atoms with E-state index in [2.05, 4.69) is 52.3 Å². The minimum atomic E-state index is -0.344. The molecule has 1 fully saturated rings. The van der Waals surface area contributed by atoms with Gasteiger partial charge in [0.2, 0.25) is 0 Å². The molecule has 1 aliphatic carbocycles. The average Bonchev–Trinajstić information content (AvgIpc) is 3.26. The summed E-state index contributed by atoms with van der Waals surface area (Å²) in [6, 6.07) is 4.31. The molecule has 0 aromatic carbocycles. The first-order chi connectivity index (χ1) is 12.0. The van der Waals surface area contributed by atoms with Crippen molar-refractivity contribution >= 4 is 23.4 Å². The third-order valence-electron chi connectivity index (χ3n) is 4.37. The zero-order chi connectivity index (χ0) is 18.3. The van der Waals surface area contributed by atoms with Crippen LogP contribution >= 0.6 is 11.3 Å². The molecule has 1 aromatic rings. The van der Waals surface area contributed by atoms with E-state index in [1.54, 1.807) is 18.4 Å². The summed E-state index contributed by atoms with van der Waals surface area (Å²) in [6.07, 6.45) is 1.95. The average molecular weight is 367 g/mol. The summed E-state index contributed by atoms with van der Waals surface area (Å²) in [6.45, 7) is 8.06. The van der Waals surface area contributed by atoms with Crippen molar-refractivity contribution in [2.45, 2.75) is 45.1 Å². The highest BCUT2D eigenvalue weighted by Crippen LogP contribution is 2.32. The highest BCUT2D eigenvalue weighted by Gasteiger charge is 2.32. The number of hydrogen-bond donors (Lipinski definition) is 3. The van der Waals surface area contributed by atoms with Crippen molar-refractivity contribution in [1.29, 1.82) is 0 Å². The first-order valence-electron chi connectivity index (χ1n) is 8.88. The Morgan fingerprint density at radius 3 is 2.76 bits per heavy atom. The van der Waals surface area contributed by atoms with Crippen LogP contribution in [0.3, 0.4) is 0 Å². The van der Waals surface area contributed by atoms with Crippen molar-refractivity contribution in [2.75, 3.05) is 26.7 Å². The maximum Gasteiger partial charge on any atom is 0.407 e. The van der Waals surface area contributed by atoms with Crippen LogP contribution < -0.4 is 16.0 Å². The molecule has 6 nitrogen and oxygen atoms in total. The Hall–Kier alpha value is -1.76. The number of carbonyl (C=O) groups excluding carboxylic acids is 1. The molecule has 140 valence electrons. The Morgan fingerprint density at radius 2 is 2.20 bits per heavy atom. The van der Waals surface area contributed by atoms with Crippen molar-refractivity contribution in [3.05, 3.63) is 22.4 Å². The normalized spacial score (nSPS) is 16.2. The summed E-state index contributed by atoms with van der Waals surface area (Å²) in [5.74, 6) is 1.28. The van der Waals surface area contributed by atoms with E-state index in [-0.39, 0.29) is 17.6 Å². The summed E-state index contributed by atoms with van der Waals surface area (Å²) < 4.78 is 4.99. The van der Waals surface area contributed by atoms with Gasteiger partial charge in [0.05, 0.1) is 12.6 Å². The van der Waals surface area contributed by atoms with E-state index < -0.39 is 0 Å². The van der Waals surface area contributed by atoms with E-state index in [0.29, 0.717) is 19.1 Å². The monoisotopic (exact) mass is 366 g/mol. The molecule has 1 atom stereocenters. The molecule has 0 spiro atoms. The highest BCUT2D eigenvalue weighted by atomic mass is 32.1. The van der Waals surface area contributed by atoms with Gasteiger partial charge in [-0.15, -0.1) is 11.3 Å². The molecule has 1 amide bonds. The fraction of sp³-hybridized carbons (Fsp3) is 0.667. The van der Waals surface area contributed by atoms with Gasteiger partial charge in [-0.25, -0.2) is 4.79 Å². The predicted molar refractivity (Wildman–Crippen MR) is 103 cm³/mol. The van der Waals surface area contributed by atoms with E-state index in [1.165, 1.54) is 4.88 Å². The minimum Gasteiger partial charge on any atom is -0.450 e. The van der Waals surface area contributed by atoms with Crippen LogP contribution in [0.4, 0.5) is 4.79 Å². The molecule has 1 aromatic heterocycles. The number of carbonyl (C=O) groups is 1. The van der Waals surface area contributed by atoms with Gasteiger partial charge in [-0.2, -0.15) is 0 Å². The Labute approximate surface area is 154 Å². The lowest BCUT2D eigenvalue weighted by Gasteiger charge is -2.26. The van der Waals surface area contributed by atoms with Crippen molar-refractivity contribution in [1.82, 2.24) is 16.0 Å². The Balaban J connectivity index is 1.81. The predicted octanol–water partition coefficient (Wildman–Crippen LogP) is 2.72. The Morgan fingerprint density at radius 1 is 1.44 bits per heavy atom. The van der Waals surface area contributed by atoms with Crippen LogP contribution in [-0.2, 0) is 10.2 Å². The molecular weight excluding hydrogens is 336 g/mol. The first kappa shape index (κ1) is 19.6. The Bertz CT molecular complexity index is 568. The highest BCUT2D eigenvalue weighted by molar-refractivity contribution is 7.10. The van der Waals surface area contributed by atoms with Crippen molar-refractivity contribution in [2.24, 2.45) is 10.9 Å². The van der Waals surface area contributed by atoms with Gasteiger partial charge in [-0.3, -0.25) is 4.99 Å². The lowest BCUT2D eigenvalue weighted by Crippen LogP contribution is -2.49. The maximum absolute atomic E-state index is 11.7. The summed E-state index contributed by atoms with van der Waals surface area (Å²) in [4.78, 5) is 17.3. The topological polar surface area (TPSA) is 74.8 Å². The lowest BCUT2D eigenvalue weighted by molar-refractivity contribution is 0.146. The van der Waals surface area contributed by atoms with Gasteiger partial charge in [0.15, 0.2) is 5.96 Å². The number of ether oxygens (including phenoxy) is 1. The van der Waals surface area contributed by atoms with Crippen LogP contribution in [-0.4, -0.2) is 44.8 Å². The summed E-state index contributed by atoms with van der Waals surface area (Å²) in [7, 11) is 1.76. The quantitative estimate of drug-likeness (QED) is 0.488. The zero-order valence-corrected chi connectivity index (χ0v) is 16.4. The molecule has 1 unspecified atom stereocenters. The van der Waals surface area contributed by atoms with Gasteiger partial charge in [0.25, 0.3) is 0 Å². The van der Waals surface area contributed by atoms with E-state index >= 15 is 0 Å². The molecule has 7 heteroatoms. The number of thiophene rings is 1. The van der Waals surface area contributed by atoms with Gasteiger partial charge in [0, 0.05) is 30.4 Å². The number of alkyl carbamates (subject to hydrolysis) is 1. The summed E-state index contributed by atoms with van der Waals surface area (Å²) in [5, 5.41) is 11.8. The number of nitrogens with zero attached hydrogens (tertiary/aromatic N) is 1. The first-order valence-corrected chi connectivity index (χ1v) is 9.76. The largest absolute Gasteiger partial charge is 0.450 e. The number of aliphatic imine (C=N–C) groups is 1. The van der Waals surface area contributed by atoms with Crippen LogP contribution in [0, 0.1) is 5.92 Å². The molecule has 2 rings (SSSR count). The molecular formula is C18H30N4O2S. The SMILES string of the molecule is CCOC(=O)NC(CNC(=NC)NCC(C)(C)c1cccs1)C1CC1. The summed E-state index contributed by atoms with van der Waals surface area (Å²) in [5.41, 5.74) is 0.0326. The van der Waals surface area contributed by atoms with Gasteiger partial charge >= 0.3 is 6.09 Å². The zero-order valence-electron chi connectivity index (χ0n) is 15.6. The number of guanidine groups is 1. The molecule has 0 saturated heterocycles. The van der Waals surface area contributed by atoms with E-state index in [9.17, 15) is 4.79 Å².